The molecule has 0 saturated carbocycles. The number of amides is 1. The summed E-state index contributed by atoms with van der Waals surface area (Å²) < 4.78 is 10.3. The smallest absolute Gasteiger partial charge is 0.252 e. The second-order valence-corrected chi connectivity index (χ2v) is 7.42. The van der Waals surface area contributed by atoms with Gasteiger partial charge in [0.25, 0.3) is 5.91 Å². The first-order valence-corrected chi connectivity index (χ1v) is 11.1. The Hall–Kier alpha value is -4.53. The van der Waals surface area contributed by atoms with E-state index in [9.17, 15) is 10.1 Å². The maximum Gasteiger partial charge on any atom is 0.252 e. The number of pyridine rings is 1. The number of anilines is 1. The van der Waals surface area contributed by atoms with E-state index in [4.69, 9.17) is 15.0 Å². The fourth-order valence-corrected chi connectivity index (χ4v) is 3.16. The van der Waals surface area contributed by atoms with E-state index in [-0.39, 0.29) is 18.3 Å². The van der Waals surface area contributed by atoms with Crippen LogP contribution in [0.1, 0.15) is 29.6 Å². The van der Waals surface area contributed by atoms with Crippen molar-refractivity contribution in [2.45, 2.75) is 20.1 Å². The first kappa shape index (κ1) is 26.1. The molecule has 0 saturated heterocycles. The molecule has 36 heavy (non-hydrogen) atoms. The van der Waals surface area contributed by atoms with Crippen LogP contribution in [-0.4, -0.2) is 41.2 Å². The Morgan fingerprint density at radius 2 is 1.97 bits per heavy atom. The number of nitrogens with zero attached hydrogens (tertiary/aromatic N) is 5. The number of carbonyl (C=O) groups excluding carboxylic acids is 1. The van der Waals surface area contributed by atoms with Crippen LogP contribution in [0.15, 0.2) is 59.8 Å². The van der Waals surface area contributed by atoms with Crippen molar-refractivity contribution in [3.63, 3.8) is 0 Å². The van der Waals surface area contributed by atoms with Crippen LogP contribution in [0.3, 0.4) is 0 Å². The Bertz CT molecular complexity index is 1290. The number of nitriles is 1. The van der Waals surface area contributed by atoms with Gasteiger partial charge in [-0.15, -0.1) is 0 Å². The van der Waals surface area contributed by atoms with E-state index in [2.05, 4.69) is 36.8 Å². The van der Waals surface area contributed by atoms with E-state index < -0.39 is 5.91 Å². The predicted octanol–water partition coefficient (Wildman–Crippen LogP) is 3.65. The Kier molecular flexibility index (Phi) is 9.69. The molecule has 0 fully saturated rings. The monoisotopic (exact) mass is 486 g/mol. The fraction of sp³-hybridized carbons (Fsp3) is 0.240. The highest BCUT2D eigenvalue weighted by Gasteiger charge is 2.13. The van der Waals surface area contributed by atoms with E-state index in [0.717, 1.165) is 11.4 Å². The summed E-state index contributed by atoms with van der Waals surface area (Å²) in [5.74, 6) is -0.391. The molecule has 11 nitrogen and oxygen atoms in total. The zero-order valence-corrected chi connectivity index (χ0v) is 20.0. The number of ether oxygens (including phenoxy) is 2. The van der Waals surface area contributed by atoms with Gasteiger partial charge in [0.05, 0.1) is 47.6 Å². The molecule has 3 aromatic rings. The summed E-state index contributed by atoms with van der Waals surface area (Å²) in [7, 11) is 1.61. The van der Waals surface area contributed by atoms with Crippen LogP contribution in [0.5, 0.6) is 0 Å². The zero-order valence-electron chi connectivity index (χ0n) is 20.0. The van der Waals surface area contributed by atoms with Crippen LogP contribution in [0.2, 0.25) is 0 Å². The quantitative estimate of drug-likeness (QED) is 0.327. The minimum Gasteiger partial charge on any atom is -0.383 e. The van der Waals surface area contributed by atoms with Crippen molar-refractivity contribution in [2.75, 3.05) is 25.6 Å². The lowest BCUT2D eigenvalue weighted by Crippen LogP contribution is -2.20. The van der Waals surface area contributed by atoms with Gasteiger partial charge in [-0.3, -0.25) is 15.1 Å². The van der Waals surface area contributed by atoms with Gasteiger partial charge in [0.2, 0.25) is 5.95 Å². The van der Waals surface area contributed by atoms with Crippen LogP contribution in [0.25, 0.3) is 17.0 Å². The van der Waals surface area contributed by atoms with Gasteiger partial charge in [-0.25, -0.2) is 15.5 Å². The number of hydrogen-bond acceptors (Lipinski definition) is 10. The summed E-state index contributed by atoms with van der Waals surface area (Å²) in [6.45, 7) is 2.82. The van der Waals surface area contributed by atoms with Crippen molar-refractivity contribution in [3.8, 4) is 17.3 Å². The lowest BCUT2D eigenvalue weighted by Gasteiger charge is -2.10. The van der Waals surface area contributed by atoms with Crippen molar-refractivity contribution in [3.05, 3.63) is 77.4 Å². The van der Waals surface area contributed by atoms with Gasteiger partial charge in [-0.05, 0) is 37.3 Å². The highest BCUT2D eigenvalue weighted by molar-refractivity contribution is 5.90. The highest BCUT2D eigenvalue weighted by Crippen LogP contribution is 2.24. The van der Waals surface area contributed by atoms with Gasteiger partial charge in [-0.2, -0.15) is 10.4 Å². The second-order valence-electron chi connectivity index (χ2n) is 7.42. The molecule has 2 heterocycles. The molecular weight excluding hydrogens is 460 g/mol. The number of benzene rings is 1. The summed E-state index contributed by atoms with van der Waals surface area (Å²) >= 11 is 0. The molecule has 0 unspecified atom stereocenters. The first-order valence-electron chi connectivity index (χ1n) is 11.1. The molecule has 0 spiro atoms. The second kappa shape index (κ2) is 13.4. The van der Waals surface area contributed by atoms with Gasteiger partial charge >= 0.3 is 0 Å². The number of nitrogens with one attached hydrogen (secondary N) is 3. The molecule has 0 bridgehead atoms. The maximum absolute atomic E-state index is 12.2. The number of rotatable bonds is 12. The van der Waals surface area contributed by atoms with E-state index in [1.807, 2.05) is 18.2 Å². The molecule has 0 aliphatic carbocycles. The van der Waals surface area contributed by atoms with Crippen LogP contribution in [-0.2, 0) is 27.4 Å². The Morgan fingerprint density at radius 1 is 1.17 bits per heavy atom. The standard InChI is InChI=1S/C25H26N8O3/c1-3-36-16-24(34)32-25-30-21(18-7-4-6-17(10-18)12-26)11-22(31-25)23(33-27)14-28-13-19-8-5-9-20(29-19)15-35-2/h4-11,14,27-28H,3,13,15-16H2,1-2H3,(H,30,31,32,34)/b23-14-,33-27?. The minimum atomic E-state index is -0.417. The SMILES string of the molecule is CCOCC(=O)Nc1nc(/C(=C/NCc2cccc(COC)n2)N=N)cc(-c2cccc(C#N)c2)n1. The lowest BCUT2D eigenvalue weighted by atomic mass is 10.1. The molecule has 2 aromatic heterocycles. The summed E-state index contributed by atoms with van der Waals surface area (Å²) in [6.07, 6.45) is 1.54. The van der Waals surface area contributed by atoms with Crippen molar-refractivity contribution in [1.82, 2.24) is 20.3 Å². The number of hydrogen-bond donors (Lipinski definition) is 3. The minimum absolute atomic E-state index is 0.0260. The van der Waals surface area contributed by atoms with Crippen molar-refractivity contribution in [1.29, 1.82) is 10.8 Å². The summed E-state index contributed by atoms with van der Waals surface area (Å²) in [4.78, 5) is 25.5. The summed E-state index contributed by atoms with van der Waals surface area (Å²) in [5.41, 5.74) is 11.3. The number of methoxy groups -OCH3 is 1. The molecule has 1 aromatic carbocycles. The third-order valence-corrected chi connectivity index (χ3v) is 4.76. The van der Waals surface area contributed by atoms with Gasteiger partial charge < -0.3 is 14.8 Å². The molecule has 3 N–H and O–H groups in total. The van der Waals surface area contributed by atoms with Crippen molar-refractivity contribution < 1.29 is 14.3 Å². The normalized spacial score (nSPS) is 11.0. The van der Waals surface area contributed by atoms with Gasteiger partial charge in [0.1, 0.15) is 12.3 Å². The molecule has 0 radical (unpaired) electrons. The van der Waals surface area contributed by atoms with E-state index in [1.54, 1.807) is 50.6 Å². The number of carbonyl (C=O) groups is 1. The Balaban J connectivity index is 1.90. The summed E-state index contributed by atoms with van der Waals surface area (Å²) in [5, 5.41) is 18.6. The molecule has 0 atom stereocenters. The molecule has 3 rings (SSSR count). The zero-order chi connectivity index (χ0) is 25.8. The van der Waals surface area contributed by atoms with Crippen LogP contribution >= 0.6 is 0 Å². The maximum atomic E-state index is 12.2. The third-order valence-electron chi connectivity index (χ3n) is 4.76. The fourth-order valence-electron chi connectivity index (χ4n) is 3.16. The molecule has 0 aliphatic heterocycles. The van der Waals surface area contributed by atoms with E-state index in [1.165, 1.54) is 0 Å². The first-order chi connectivity index (χ1) is 17.6. The highest BCUT2D eigenvalue weighted by atomic mass is 16.5. The third kappa shape index (κ3) is 7.49. The van der Waals surface area contributed by atoms with Crippen LogP contribution < -0.4 is 10.6 Å². The van der Waals surface area contributed by atoms with Gasteiger partial charge in [-0.1, -0.05) is 18.2 Å². The molecule has 1 amide bonds. The lowest BCUT2D eigenvalue weighted by molar-refractivity contribution is -0.120. The van der Waals surface area contributed by atoms with E-state index >= 15 is 0 Å². The molecule has 184 valence electrons. The number of aromatic nitrogens is 3. The average molecular weight is 487 g/mol. The Labute approximate surface area is 208 Å². The Morgan fingerprint density at radius 3 is 2.72 bits per heavy atom. The van der Waals surface area contributed by atoms with Gasteiger partial charge in [0.15, 0.2) is 0 Å². The molecular formula is C25H26N8O3. The van der Waals surface area contributed by atoms with Crippen LogP contribution in [0.4, 0.5) is 5.95 Å². The molecule has 11 heteroatoms. The largest absolute Gasteiger partial charge is 0.383 e. The van der Waals surface area contributed by atoms with Crippen molar-refractivity contribution >= 4 is 17.6 Å². The topological polar surface area (TPSA) is 158 Å². The average Bonchev–Trinajstić information content (AvgIpc) is 2.90. The van der Waals surface area contributed by atoms with Gasteiger partial charge in [0, 0.05) is 25.5 Å². The molecule has 0 aliphatic rings. The van der Waals surface area contributed by atoms with Crippen LogP contribution in [0, 0.1) is 16.9 Å². The predicted molar refractivity (Wildman–Crippen MR) is 132 cm³/mol. The van der Waals surface area contributed by atoms with Crippen molar-refractivity contribution in [2.24, 2.45) is 5.11 Å². The summed E-state index contributed by atoms with van der Waals surface area (Å²) in [6, 6.07) is 16.3. The van der Waals surface area contributed by atoms with E-state index in [0.29, 0.717) is 42.3 Å².